The van der Waals surface area contributed by atoms with Gasteiger partial charge in [0.15, 0.2) is 0 Å². The van der Waals surface area contributed by atoms with Crippen molar-refractivity contribution in [2.24, 2.45) is 7.05 Å². The van der Waals surface area contributed by atoms with Gasteiger partial charge in [-0.25, -0.2) is 0 Å². The average molecular weight is 191 g/mol. The second-order valence-electron chi connectivity index (χ2n) is 2.84. The molecule has 0 amide bonds. The van der Waals surface area contributed by atoms with E-state index in [-0.39, 0.29) is 0 Å². The molecule has 0 bridgehead atoms. The molecule has 1 atom stereocenters. The second kappa shape index (κ2) is 3.51. The third-order valence-electron chi connectivity index (χ3n) is 1.82. The lowest BCUT2D eigenvalue weighted by Gasteiger charge is -2.04. The number of rotatable bonds is 2. The van der Waals surface area contributed by atoms with Crippen LogP contribution in [0.4, 0.5) is 0 Å². The van der Waals surface area contributed by atoms with E-state index in [1.54, 1.807) is 13.1 Å². The summed E-state index contributed by atoms with van der Waals surface area (Å²) in [5, 5.41) is 25.0. The highest BCUT2D eigenvalue weighted by atomic mass is 16.3. The van der Waals surface area contributed by atoms with E-state index in [0.29, 0.717) is 11.3 Å². The van der Waals surface area contributed by atoms with Crippen LogP contribution in [0.1, 0.15) is 17.4 Å². The third-order valence-corrected chi connectivity index (χ3v) is 1.82. The van der Waals surface area contributed by atoms with Crippen LogP contribution in [0.25, 0.3) is 0 Å². The van der Waals surface area contributed by atoms with Crippen molar-refractivity contribution >= 4 is 0 Å². The molecule has 2 heterocycles. The minimum absolute atomic E-state index is 0.500. The Labute approximate surface area is 80.2 Å². The molecule has 0 saturated heterocycles. The molecule has 0 aromatic carbocycles. The molecule has 0 aliphatic heterocycles. The van der Waals surface area contributed by atoms with E-state index >= 15 is 0 Å². The Morgan fingerprint density at radius 2 is 2.21 bits per heavy atom. The van der Waals surface area contributed by atoms with Gasteiger partial charge < -0.3 is 5.11 Å². The summed E-state index contributed by atoms with van der Waals surface area (Å²) in [5.41, 5.74) is 1.15. The van der Waals surface area contributed by atoms with Crippen molar-refractivity contribution in [2.45, 2.75) is 6.10 Å². The van der Waals surface area contributed by atoms with Crippen LogP contribution in [-0.4, -0.2) is 30.3 Å². The van der Waals surface area contributed by atoms with Crippen molar-refractivity contribution < 1.29 is 5.11 Å². The quantitative estimate of drug-likeness (QED) is 0.704. The number of aliphatic hydroxyl groups excluding tert-OH is 1. The van der Waals surface area contributed by atoms with Gasteiger partial charge in [0.2, 0.25) is 0 Å². The van der Waals surface area contributed by atoms with Gasteiger partial charge in [-0.2, -0.15) is 25.2 Å². The van der Waals surface area contributed by atoms with Crippen LogP contribution in [0.3, 0.4) is 0 Å². The maximum atomic E-state index is 9.82. The SMILES string of the molecule is Cn1ncc(C(O)c2ccnnc2)n1. The number of aliphatic hydroxyl groups is 1. The molecular weight excluding hydrogens is 182 g/mol. The topological polar surface area (TPSA) is 76.7 Å². The van der Waals surface area contributed by atoms with Crippen LogP contribution in [0, 0.1) is 0 Å². The predicted molar refractivity (Wildman–Crippen MR) is 47.1 cm³/mol. The first kappa shape index (κ1) is 8.76. The van der Waals surface area contributed by atoms with Gasteiger partial charge in [-0.05, 0) is 6.07 Å². The van der Waals surface area contributed by atoms with Crippen LogP contribution >= 0.6 is 0 Å². The molecule has 0 radical (unpaired) electrons. The molecule has 2 rings (SSSR count). The van der Waals surface area contributed by atoms with Crippen LogP contribution < -0.4 is 0 Å². The molecule has 2 aromatic rings. The van der Waals surface area contributed by atoms with Gasteiger partial charge in [0.1, 0.15) is 11.8 Å². The maximum Gasteiger partial charge on any atom is 0.126 e. The van der Waals surface area contributed by atoms with Crippen LogP contribution in [-0.2, 0) is 7.05 Å². The first-order valence-corrected chi connectivity index (χ1v) is 4.08. The predicted octanol–water partition coefficient (Wildman–Crippen LogP) is -0.313. The van der Waals surface area contributed by atoms with E-state index in [1.807, 2.05) is 0 Å². The molecule has 6 heteroatoms. The van der Waals surface area contributed by atoms with E-state index in [9.17, 15) is 5.11 Å². The zero-order chi connectivity index (χ0) is 9.97. The van der Waals surface area contributed by atoms with Crippen molar-refractivity contribution in [3.63, 3.8) is 0 Å². The molecule has 1 N–H and O–H groups in total. The molecule has 0 aliphatic carbocycles. The minimum Gasteiger partial charge on any atom is -0.382 e. The van der Waals surface area contributed by atoms with Crippen molar-refractivity contribution in [1.82, 2.24) is 25.2 Å². The van der Waals surface area contributed by atoms with Gasteiger partial charge in [0.25, 0.3) is 0 Å². The van der Waals surface area contributed by atoms with Crippen molar-refractivity contribution in [2.75, 3.05) is 0 Å². The Kier molecular flexibility index (Phi) is 2.19. The minimum atomic E-state index is -0.792. The highest BCUT2D eigenvalue weighted by Crippen LogP contribution is 2.17. The van der Waals surface area contributed by atoms with E-state index < -0.39 is 6.10 Å². The van der Waals surface area contributed by atoms with E-state index in [4.69, 9.17) is 0 Å². The number of hydrogen-bond acceptors (Lipinski definition) is 5. The van der Waals surface area contributed by atoms with Gasteiger partial charge in [-0.15, -0.1) is 0 Å². The van der Waals surface area contributed by atoms with Crippen LogP contribution in [0.15, 0.2) is 24.7 Å². The molecule has 1 unspecified atom stereocenters. The smallest absolute Gasteiger partial charge is 0.126 e. The zero-order valence-corrected chi connectivity index (χ0v) is 7.57. The lowest BCUT2D eigenvalue weighted by molar-refractivity contribution is 0.213. The zero-order valence-electron chi connectivity index (χ0n) is 7.57. The fourth-order valence-electron chi connectivity index (χ4n) is 1.12. The summed E-state index contributed by atoms with van der Waals surface area (Å²) in [6, 6.07) is 1.69. The van der Waals surface area contributed by atoms with Crippen molar-refractivity contribution in [3.8, 4) is 0 Å². The highest BCUT2D eigenvalue weighted by molar-refractivity contribution is 5.18. The van der Waals surface area contributed by atoms with Gasteiger partial charge in [-0.1, -0.05) is 0 Å². The lowest BCUT2D eigenvalue weighted by Crippen LogP contribution is -2.02. The van der Waals surface area contributed by atoms with Gasteiger partial charge >= 0.3 is 0 Å². The van der Waals surface area contributed by atoms with Gasteiger partial charge in [0, 0.05) is 18.8 Å². The number of aryl methyl sites for hydroxylation is 1. The fourth-order valence-corrected chi connectivity index (χ4v) is 1.12. The number of hydrogen-bond donors (Lipinski definition) is 1. The Morgan fingerprint density at radius 1 is 1.36 bits per heavy atom. The Balaban J connectivity index is 2.29. The molecule has 14 heavy (non-hydrogen) atoms. The van der Waals surface area contributed by atoms with Crippen LogP contribution in [0.5, 0.6) is 0 Å². The van der Waals surface area contributed by atoms with E-state index in [1.165, 1.54) is 23.4 Å². The first-order chi connectivity index (χ1) is 6.77. The summed E-state index contributed by atoms with van der Waals surface area (Å²) in [6.07, 6.45) is 3.75. The summed E-state index contributed by atoms with van der Waals surface area (Å²) in [5.74, 6) is 0. The Hall–Kier alpha value is -1.82. The average Bonchev–Trinajstić information content (AvgIpc) is 2.65. The normalized spacial score (nSPS) is 12.7. The summed E-state index contributed by atoms with van der Waals surface area (Å²) >= 11 is 0. The number of aromatic nitrogens is 5. The Morgan fingerprint density at radius 3 is 2.79 bits per heavy atom. The summed E-state index contributed by atoms with van der Waals surface area (Å²) in [7, 11) is 1.70. The van der Waals surface area contributed by atoms with Gasteiger partial charge in [0.05, 0.1) is 12.4 Å². The monoisotopic (exact) mass is 191 g/mol. The molecule has 0 saturated carbocycles. The third kappa shape index (κ3) is 1.60. The van der Waals surface area contributed by atoms with Gasteiger partial charge in [-0.3, -0.25) is 0 Å². The summed E-state index contributed by atoms with van der Waals surface area (Å²) in [6.45, 7) is 0. The molecule has 2 aromatic heterocycles. The summed E-state index contributed by atoms with van der Waals surface area (Å²) in [4.78, 5) is 1.40. The van der Waals surface area contributed by atoms with Crippen molar-refractivity contribution in [3.05, 3.63) is 35.9 Å². The first-order valence-electron chi connectivity index (χ1n) is 4.08. The summed E-state index contributed by atoms with van der Waals surface area (Å²) < 4.78 is 0. The van der Waals surface area contributed by atoms with E-state index in [0.717, 1.165) is 0 Å². The van der Waals surface area contributed by atoms with Crippen LogP contribution in [0.2, 0.25) is 0 Å². The molecule has 0 spiro atoms. The molecule has 0 aliphatic rings. The molecule has 6 nitrogen and oxygen atoms in total. The number of nitrogens with zero attached hydrogens (tertiary/aromatic N) is 5. The van der Waals surface area contributed by atoms with Crippen molar-refractivity contribution in [1.29, 1.82) is 0 Å². The molecular formula is C8H9N5O. The van der Waals surface area contributed by atoms with E-state index in [2.05, 4.69) is 20.4 Å². The fraction of sp³-hybridized carbons (Fsp3) is 0.250. The maximum absolute atomic E-state index is 9.82. The second-order valence-corrected chi connectivity index (χ2v) is 2.84. The lowest BCUT2D eigenvalue weighted by atomic mass is 10.1. The Bertz CT molecular complexity index is 413. The largest absolute Gasteiger partial charge is 0.382 e. The highest BCUT2D eigenvalue weighted by Gasteiger charge is 2.13. The standard InChI is InChI=1S/C8H9N5O/c1-13-11-5-7(12-13)8(14)6-2-3-9-10-4-6/h2-5,8,14H,1H3. The molecule has 72 valence electrons. The molecule has 0 fully saturated rings.